The van der Waals surface area contributed by atoms with E-state index in [1.807, 2.05) is 6.92 Å². The summed E-state index contributed by atoms with van der Waals surface area (Å²) in [5.41, 5.74) is 0.735. The minimum atomic E-state index is -2.77. The van der Waals surface area contributed by atoms with E-state index in [2.05, 4.69) is 20.6 Å². The number of nitrogens with one attached hydrogen (secondary N) is 2. The molecule has 1 aromatic heterocycles. The van der Waals surface area contributed by atoms with Crippen LogP contribution in [0.25, 0.3) is 0 Å². The Morgan fingerprint density at radius 3 is 2.72 bits per heavy atom. The van der Waals surface area contributed by atoms with Gasteiger partial charge in [0.05, 0.1) is 0 Å². The fourth-order valence-corrected chi connectivity index (χ4v) is 1.23. The lowest BCUT2D eigenvalue weighted by Gasteiger charge is -2.13. The molecular weight excluding hydrogens is 242 g/mol. The molecule has 1 rings (SSSR count). The highest BCUT2D eigenvalue weighted by Crippen LogP contribution is 2.13. The van der Waals surface area contributed by atoms with Gasteiger partial charge in [-0.05, 0) is 13.3 Å². The summed E-state index contributed by atoms with van der Waals surface area (Å²) in [5.74, 6) is 0.889. The predicted molar refractivity (Wildman–Crippen MR) is 66.1 cm³/mol. The number of rotatable bonds is 7. The summed E-state index contributed by atoms with van der Waals surface area (Å²) >= 11 is 0. The monoisotopic (exact) mass is 260 g/mol. The van der Waals surface area contributed by atoms with Crippen molar-refractivity contribution in [3.63, 3.8) is 0 Å². The zero-order chi connectivity index (χ0) is 13.5. The fraction of sp³-hybridized carbons (Fsp3) is 0.636. The number of anilines is 2. The maximum absolute atomic E-state index is 12.1. The number of aromatic nitrogens is 2. The summed E-state index contributed by atoms with van der Waals surface area (Å²) in [5, 5.41) is 14.7. The first-order valence-corrected chi connectivity index (χ1v) is 5.82. The quantitative estimate of drug-likeness (QED) is 0.695. The van der Waals surface area contributed by atoms with Crippen molar-refractivity contribution in [3.8, 4) is 0 Å². The number of aryl methyl sites for hydroxylation is 1. The van der Waals surface area contributed by atoms with Crippen molar-refractivity contribution in [1.82, 2.24) is 9.97 Å². The summed E-state index contributed by atoms with van der Waals surface area (Å²) in [6, 6.07) is 0. The van der Waals surface area contributed by atoms with Crippen LogP contribution in [0.5, 0.6) is 0 Å². The minimum Gasteiger partial charge on any atom is -0.385 e. The Hall–Kier alpha value is -1.50. The second-order valence-corrected chi connectivity index (χ2v) is 3.93. The molecule has 7 heteroatoms. The molecule has 0 saturated heterocycles. The molecule has 5 nitrogen and oxygen atoms in total. The normalized spacial score (nSPS) is 12.6. The Balaban J connectivity index is 2.63. The van der Waals surface area contributed by atoms with E-state index in [-0.39, 0.29) is 6.54 Å². The van der Waals surface area contributed by atoms with Crippen molar-refractivity contribution >= 4 is 11.8 Å². The Bertz CT molecular complexity index is 376. The second-order valence-electron chi connectivity index (χ2n) is 3.93. The number of aliphatic hydroxyl groups is 1. The first-order valence-electron chi connectivity index (χ1n) is 5.82. The van der Waals surface area contributed by atoms with E-state index in [0.717, 1.165) is 18.5 Å². The van der Waals surface area contributed by atoms with Gasteiger partial charge in [-0.1, -0.05) is 6.92 Å². The number of nitrogens with zero attached hydrogens (tertiary/aromatic N) is 2. The van der Waals surface area contributed by atoms with Crippen LogP contribution < -0.4 is 10.6 Å². The maximum Gasteiger partial charge on any atom is 0.265 e. The Morgan fingerprint density at radius 1 is 1.39 bits per heavy atom. The fourth-order valence-electron chi connectivity index (χ4n) is 1.23. The molecule has 1 aromatic rings. The van der Waals surface area contributed by atoms with E-state index >= 15 is 0 Å². The van der Waals surface area contributed by atoms with Crippen LogP contribution in [-0.4, -0.2) is 40.7 Å². The van der Waals surface area contributed by atoms with E-state index < -0.39 is 12.5 Å². The molecule has 102 valence electrons. The third kappa shape index (κ3) is 4.40. The SMILES string of the molecule is CCCNc1ncc(C)c(NCC(O)C(F)F)n1. The summed E-state index contributed by atoms with van der Waals surface area (Å²) in [6.45, 7) is 4.27. The van der Waals surface area contributed by atoms with Crippen molar-refractivity contribution in [1.29, 1.82) is 0 Å². The van der Waals surface area contributed by atoms with Crippen molar-refractivity contribution in [2.75, 3.05) is 23.7 Å². The molecule has 1 heterocycles. The van der Waals surface area contributed by atoms with Crippen LogP contribution in [0, 0.1) is 6.92 Å². The van der Waals surface area contributed by atoms with Crippen LogP contribution in [-0.2, 0) is 0 Å². The molecule has 1 unspecified atom stereocenters. The van der Waals surface area contributed by atoms with E-state index in [9.17, 15) is 8.78 Å². The molecule has 0 bridgehead atoms. The topological polar surface area (TPSA) is 70.1 Å². The van der Waals surface area contributed by atoms with Crippen molar-refractivity contribution < 1.29 is 13.9 Å². The number of aliphatic hydroxyl groups excluding tert-OH is 1. The molecule has 0 aliphatic carbocycles. The summed E-state index contributed by atoms with van der Waals surface area (Å²) in [7, 11) is 0. The largest absolute Gasteiger partial charge is 0.385 e. The van der Waals surface area contributed by atoms with E-state index in [1.165, 1.54) is 0 Å². The highest BCUT2D eigenvalue weighted by Gasteiger charge is 2.16. The van der Waals surface area contributed by atoms with Crippen molar-refractivity contribution in [3.05, 3.63) is 11.8 Å². The van der Waals surface area contributed by atoms with Crippen LogP contribution >= 0.6 is 0 Å². The zero-order valence-corrected chi connectivity index (χ0v) is 10.5. The van der Waals surface area contributed by atoms with E-state index in [4.69, 9.17) is 5.11 Å². The molecule has 3 N–H and O–H groups in total. The summed E-state index contributed by atoms with van der Waals surface area (Å²) in [4.78, 5) is 8.22. The molecule has 0 aliphatic rings. The van der Waals surface area contributed by atoms with Crippen LogP contribution in [0.1, 0.15) is 18.9 Å². The Kier molecular flexibility index (Phi) is 5.70. The van der Waals surface area contributed by atoms with Crippen LogP contribution in [0.4, 0.5) is 20.5 Å². The number of halogens is 2. The number of hydrogen-bond donors (Lipinski definition) is 3. The molecule has 0 spiro atoms. The molecule has 0 fully saturated rings. The first-order chi connectivity index (χ1) is 8.54. The first kappa shape index (κ1) is 14.6. The summed E-state index contributed by atoms with van der Waals surface area (Å²) in [6.07, 6.45) is -1.93. The van der Waals surface area contributed by atoms with Gasteiger partial charge in [-0.25, -0.2) is 13.8 Å². The average Bonchev–Trinajstić information content (AvgIpc) is 2.35. The number of hydrogen-bond acceptors (Lipinski definition) is 5. The molecule has 0 amide bonds. The lowest BCUT2D eigenvalue weighted by molar-refractivity contribution is 0.00380. The van der Waals surface area contributed by atoms with Gasteiger partial charge in [0, 0.05) is 24.8 Å². The lowest BCUT2D eigenvalue weighted by atomic mass is 10.3. The highest BCUT2D eigenvalue weighted by molar-refractivity contribution is 5.46. The maximum atomic E-state index is 12.1. The smallest absolute Gasteiger partial charge is 0.265 e. The van der Waals surface area contributed by atoms with Gasteiger partial charge in [0.1, 0.15) is 11.9 Å². The molecule has 0 radical (unpaired) electrons. The highest BCUT2D eigenvalue weighted by atomic mass is 19.3. The van der Waals surface area contributed by atoms with Gasteiger partial charge in [0.2, 0.25) is 5.95 Å². The standard InChI is InChI=1S/C11H18F2N4O/c1-3-4-14-11-16-5-7(2)10(17-11)15-6-8(18)9(12)13/h5,8-9,18H,3-4,6H2,1-2H3,(H2,14,15,16,17). The Labute approximate surface area is 105 Å². The molecule has 0 aromatic carbocycles. The van der Waals surface area contributed by atoms with Gasteiger partial charge in [-0.2, -0.15) is 4.98 Å². The Morgan fingerprint density at radius 2 is 2.11 bits per heavy atom. The van der Waals surface area contributed by atoms with E-state index in [0.29, 0.717) is 11.8 Å². The van der Waals surface area contributed by atoms with Gasteiger partial charge in [0.15, 0.2) is 0 Å². The number of alkyl halides is 2. The molecule has 0 aliphatic heterocycles. The molecule has 18 heavy (non-hydrogen) atoms. The minimum absolute atomic E-state index is 0.247. The van der Waals surface area contributed by atoms with Gasteiger partial charge in [-0.15, -0.1) is 0 Å². The van der Waals surface area contributed by atoms with Crippen LogP contribution in [0.2, 0.25) is 0 Å². The van der Waals surface area contributed by atoms with Crippen molar-refractivity contribution in [2.45, 2.75) is 32.8 Å². The third-order valence-electron chi connectivity index (χ3n) is 2.27. The van der Waals surface area contributed by atoms with Gasteiger partial charge in [-0.3, -0.25) is 0 Å². The average molecular weight is 260 g/mol. The van der Waals surface area contributed by atoms with Crippen molar-refractivity contribution in [2.24, 2.45) is 0 Å². The van der Waals surface area contributed by atoms with Crippen LogP contribution in [0.15, 0.2) is 6.20 Å². The molecular formula is C11H18F2N4O. The van der Waals surface area contributed by atoms with Gasteiger partial charge < -0.3 is 15.7 Å². The van der Waals surface area contributed by atoms with Gasteiger partial charge in [0.25, 0.3) is 6.43 Å². The predicted octanol–water partition coefficient (Wildman–Crippen LogP) is 1.64. The summed E-state index contributed by atoms with van der Waals surface area (Å²) < 4.78 is 24.3. The molecule has 1 atom stereocenters. The third-order valence-corrected chi connectivity index (χ3v) is 2.27. The second kappa shape index (κ2) is 7.05. The van der Waals surface area contributed by atoms with E-state index in [1.54, 1.807) is 13.1 Å². The zero-order valence-electron chi connectivity index (χ0n) is 10.5. The molecule has 0 saturated carbocycles. The van der Waals surface area contributed by atoms with Crippen LogP contribution in [0.3, 0.4) is 0 Å². The van der Waals surface area contributed by atoms with Gasteiger partial charge >= 0.3 is 0 Å². The lowest BCUT2D eigenvalue weighted by Crippen LogP contribution is -2.27.